The summed E-state index contributed by atoms with van der Waals surface area (Å²) >= 11 is 5.13. The van der Waals surface area contributed by atoms with Gasteiger partial charge in [0.05, 0.1) is 10.7 Å². The van der Waals surface area contributed by atoms with E-state index in [0.717, 1.165) is 33.0 Å². The Bertz CT molecular complexity index is 735. The first kappa shape index (κ1) is 14.3. The standard InChI is InChI=1S/C17H15BrN2S/c1-12-20-17(11-21-12)14-3-2-4-16(9-14)19-10-13-5-7-15(18)8-6-13/h2-9,11,19H,10H2,1H3. The molecule has 0 fully saturated rings. The summed E-state index contributed by atoms with van der Waals surface area (Å²) in [5.41, 5.74) is 4.57. The predicted molar refractivity (Wildman–Crippen MR) is 93.8 cm³/mol. The number of rotatable bonds is 4. The van der Waals surface area contributed by atoms with E-state index < -0.39 is 0 Å². The Morgan fingerprint density at radius 2 is 1.95 bits per heavy atom. The van der Waals surface area contributed by atoms with Crippen LogP contribution in [0.15, 0.2) is 58.4 Å². The van der Waals surface area contributed by atoms with Gasteiger partial charge in [-0.1, -0.05) is 40.2 Å². The molecule has 0 atom stereocenters. The molecule has 2 aromatic carbocycles. The minimum Gasteiger partial charge on any atom is -0.381 e. The van der Waals surface area contributed by atoms with Crippen molar-refractivity contribution in [3.8, 4) is 11.3 Å². The van der Waals surface area contributed by atoms with Crippen LogP contribution in [0, 0.1) is 6.92 Å². The number of thiazole rings is 1. The quantitative estimate of drug-likeness (QED) is 0.666. The zero-order valence-corrected chi connectivity index (χ0v) is 14.0. The lowest BCUT2D eigenvalue weighted by molar-refractivity contribution is 1.15. The van der Waals surface area contributed by atoms with Gasteiger partial charge >= 0.3 is 0 Å². The Hall–Kier alpha value is -1.65. The van der Waals surface area contributed by atoms with Crippen molar-refractivity contribution in [2.45, 2.75) is 13.5 Å². The van der Waals surface area contributed by atoms with Crippen LogP contribution in [-0.2, 0) is 6.54 Å². The number of nitrogens with zero attached hydrogens (tertiary/aromatic N) is 1. The molecule has 3 rings (SSSR count). The molecule has 2 nitrogen and oxygen atoms in total. The molecular formula is C17H15BrN2S. The summed E-state index contributed by atoms with van der Waals surface area (Å²) < 4.78 is 1.10. The van der Waals surface area contributed by atoms with E-state index in [1.54, 1.807) is 11.3 Å². The lowest BCUT2D eigenvalue weighted by atomic mass is 10.1. The van der Waals surface area contributed by atoms with Gasteiger partial charge in [0, 0.05) is 27.6 Å². The van der Waals surface area contributed by atoms with Gasteiger partial charge in [-0.2, -0.15) is 0 Å². The highest BCUT2D eigenvalue weighted by atomic mass is 79.9. The summed E-state index contributed by atoms with van der Waals surface area (Å²) in [6, 6.07) is 16.7. The SMILES string of the molecule is Cc1nc(-c2cccc(NCc3ccc(Br)cc3)c2)cs1. The fourth-order valence-corrected chi connectivity index (χ4v) is 2.98. The van der Waals surface area contributed by atoms with Crippen LogP contribution in [0.4, 0.5) is 5.69 Å². The highest BCUT2D eigenvalue weighted by Gasteiger charge is 2.03. The van der Waals surface area contributed by atoms with Crippen LogP contribution in [0.1, 0.15) is 10.6 Å². The normalized spacial score (nSPS) is 10.6. The van der Waals surface area contributed by atoms with E-state index in [1.807, 2.05) is 6.92 Å². The minimum absolute atomic E-state index is 0.812. The molecule has 3 aromatic rings. The molecule has 1 aromatic heterocycles. The molecule has 0 saturated carbocycles. The maximum absolute atomic E-state index is 4.54. The van der Waals surface area contributed by atoms with Crippen molar-refractivity contribution >= 4 is 33.0 Å². The number of aryl methyl sites for hydroxylation is 1. The Morgan fingerprint density at radius 3 is 2.67 bits per heavy atom. The van der Waals surface area contributed by atoms with E-state index >= 15 is 0 Å². The third kappa shape index (κ3) is 3.71. The van der Waals surface area contributed by atoms with Crippen molar-refractivity contribution in [3.63, 3.8) is 0 Å². The van der Waals surface area contributed by atoms with Gasteiger partial charge in [-0.3, -0.25) is 0 Å². The Labute approximate surface area is 137 Å². The Balaban J connectivity index is 1.73. The zero-order valence-electron chi connectivity index (χ0n) is 11.6. The monoisotopic (exact) mass is 358 g/mol. The lowest BCUT2D eigenvalue weighted by Crippen LogP contribution is -1.99. The second-order valence-corrected chi connectivity index (χ2v) is 6.79. The molecule has 0 bridgehead atoms. The molecule has 1 heterocycles. The second-order valence-electron chi connectivity index (χ2n) is 4.81. The zero-order chi connectivity index (χ0) is 14.7. The number of benzene rings is 2. The Kier molecular flexibility index (Phi) is 4.36. The highest BCUT2D eigenvalue weighted by molar-refractivity contribution is 9.10. The molecule has 1 N–H and O–H groups in total. The third-order valence-electron chi connectivity index (χ3n) is 3.19. The van der Waals surface area contributed by atoms with Crippen LogP contribution in [0.3, 0.4) is 0 Å². The molecule has 4 heteroatoms. The fraction of sp³-hybridized carbons (Fsp3) is 0.118. The van der Waals surface area contributed by atoms with Gasteiger partial charge in [0.1, 0.15) is 0 Å². The van der Waals surface area contributed by atoms with Crippen LogP contribution in [0.2, 0.25) is 0 Å². The van der Waals surface area contributed by atoms with Crippen molar-refractivity contribution in [1.29, 1.82) is 0 Å². The van der Waals surface area contributed by atoms with E-state index in [0.29, 0.717) is 0 Å². The van der Waals surface area contributed by atoms with E-state index in [2.05, 4.69) is 80.1 Å². The number of hydrogen-bond donors (Lipinski definition) is 1. The largest absolute Gasteiger partial charge is 0.381 e. The average molecular weight is 359 g/mol. The van der Waals surface area contributed by atoms with Gasteiger partial charge in [-0.25, -0.2) is 4.98 Å². The van der Waals surface area contributed by atoms with Gasteiger partial charge in [-0.15, -0.1) is 11.3 Å². The molecule has 106 valence electrons. The van der Waals surface area contributed by atoms with E-state index in [4.69, 9.17) is 0 Å². The van der Waals surface area contributed by atoms with Gasteiger partial charge in [0.15, 0.2) is 0 Å². The lowest BCUT2D eigenvalue weighted by Gasteiger charge is -2.08. The van der Waals surface area contributed by atoms with Crippen LogP contribution in [-0.4, -0.2) is 4.98 Å². The first-order valence-electron chi connectivity index (χ1n) is 6.71. The van der Waals surface area contributed by atoms with Crippen LogP contribution >= 0.6 is 27.3 Å². The molecule has 0 unspecified atom stereocenters. The highest BCUT2D eigenvalue weighted by Crippen LogP contribution is 2.24. The smallest absolute Gasteiger partial charge is 0.0901 e. The Morgan fingerprint density at radius 1 is 1.14 bits per heavy atom. The molecule has 0 aliphatic carbocycles. The topological polar surface area (TPSA) is 24.9 Å². The van der Waals surface area contributed by atoms with Gasteiger partial charge in [-0.05, 0) is 36.8 Å². The van der Waals surface area contributed by atoms with Gasteiger partial charge in [0.25, 0.3) is 0 Å². The van der Waals surface area contributed by atoms with Crippen LogP contribution < -0.4 is 5.32 Å². The summed E-state index contributed by atoms with van der Waals surface area (Å²) in [7, 11) is 0. The van der Waals surface area contributed by atoms with Crippen molar-refractivity contribution in [1.82, 2.24) is 4.98 Å². The number of anilines is 1. The fourth-order valence-electron chi connectivity index (χ4n) is 2.09. The van der Waals surface area contributed by atoms with Crippen molar-refractivity contribution in [2.75, 3.05) is 5.32 Å². The van der Waals surface area contributed by atoms with E-state index in [9.17, 15) is 0 Å². The van der Waals surface area contributed by atoms with Crippen LogP contribution in [0.5, 0.6) is 0 Å². The van der Waals surface area contributed by atoms with Gasteiger partial charge in [0.2, 0.25) is 0 Å². The molecule has 0 amide bonds. The number of hydrogen-bond acceptors (Lipinski definition) is 3. The van der Waals surface area contributed by atoms with Crippen molar-refractivity contribution in [2.24, 2.45) is 0 Å². The van der Waals surface area contributed by atoms with Crippen LogP contribution in [0.25, 0.3) is 11.3 Å². The molecule has 0 aliphatic rings. The molecule has 0 spiro atoms. The number of halogens is 1. The maximum atomic E-state index is 4.54. The maximum Gasteiger partial charge on any atom is 0.0901 e. The van der Waals surface area contributed by atoms with E-state index in [1.165, 1.54) is 5.56 Å². The van der Waals surface area contributed by atoms with Crippen molar-refractivity contribution in [3.05, 3.63) is 69.0 Å². The first-order chi connectivity index (χ1) is 10.2. The van der Waals surface area contributed by atoms with Crippen molar-refractivity contribution < 1.29 is 0 Å². The summed E-state index contributed by atoms with van der Waals surface area (Å²) in [4.78, 5) is 4.54. The minimum atomic E-state index is 0.812. The second kappa shape index (κ2) is 6.41. The number of nitrogens with one attached hydrogen (secondary N) is 1. The average Bonchev–Trinajstić information content (AvgIpc) is 2.94. The van der Waals surface area contributed by atoms with E-state index in [-0.39, 0.29) is 0 Å². The number of aromatic nitrogens is 1. The molecule has 21 heavy (non-hydrogen) atoms. The summed E-state index contributed by atoms with van der Waals surface area (Å²) in [6.45, 7) is 2.84. The third-order valence-corrected chi connectivity index (χ3v) is 4.49. The first-order valence-corrected chi connectivity index (χ1v) is 8.39. The van der Waals surface area contributed by atoms with Gasteiger partial charge < -0.3 is 5.32 Å². The summed E-state index contributed by atoms with van der Waals surface area (Å²) in [5, 5.41) is 6.65. The molecule has 0 saturated heterocycles. The summed E-state index contributed by atoms with van der Waals surface area (Å²) in [6.07, 6.45) is 0. The molecule has 0 radical (unpaired) electrons. The summed E-state index contributed by atoms with van der Waals surface area (Å²) in [5.74, 6) is 0. The predicted octanol–water partition coefficient (Wildman–Crippen LogP) is 5.49. The molecule has 0 aliphatic heterocycles. The molecular weight excluding hydrogens is 344 g/mol.